The number of rotatable bonds is 4. The molecule has 2 rings (SSSR count). The number of piperidine rings is 1. The van der Waals surface area contributed by atoms with Gasteiger partial charge in [-0.25, -0.2) is 0 Å². The van der Waals surface area contributed by atoms with E-state index in [1.807, 2.05) is 12.1 Å². The fourth-order valence-electron chi connectivity index (χ4n) is 2.49. The van der Waals surface area contributed by atoms with Gasteiger partial charge in [-0.3, -0.25) is 9.69 Å². The molecule has 1 heterocycles. The normalized spacial score (nSPS) is 17.6. The van der Waals surface area contributed by atoms with Gasteiger partial charge in [0, 0.05) is 23.0 Å². The van der Waals surface area contributed by atoms with Crippen molar-refractivity contribution in [1.29, 1.82) is 0 Å². The van der Waals surface area contributed by atoms with Crippen LogP contribution in [0.15, 0.2) is 18.2 Å². The molecule has 0 spiro atoms. The highest BCUT2D eigenvalue weighted by atomic mass is 35.5. The number of hydrogen-bond acceptors (Lipinski definition) is 2. The minimum Gasteiger partial charge on any atom is -0.481 e. The molecule has 5 heteroatoms. The maximum absolute atomic E-state index is 10.7. The molecule has 1 saturated heterocycles. The van der Waals surface area contributed by atoms with Gasteiger partial charge < -0.3 is 5.11 Å². The van der Waals surface area contributed by atoms with Crippen LogP contribution in [0.4, 0.5) is 0 Å². The summed E-state index contributed by atoms with van der Waals surface area (Å²) in [6, 6.07) is 5.56. The number of halogens is 2. The second-order valence-corrected chi connectivity index (χ2v) is 5.90. The van der Waals surface area contributed by atoms with Gasteiger partial charge in [-0.15, -0.1) is 0 Å². The lowest BCUT2D eigenvalue weighted by molar-refractivity contribution is -0.138. The van der Waals surface area contributed by atoms with Crippen molar-refractivity contribution in [2.75, 3.05) is 13.1 Å². The molecule has 0 saturated carbocycles. The van der Waals surface area contributed by atoms with Gasteiger partial charge in [0.15, 0.2) is 0 Å². The van der Waals surface area contributed by atoms with E-state index in [1.165, 1.54) is 0 Å². The molecule has 0 aromatic heterocycles. The molecule has 0 unspecified atom stereocenters. The molecule has 0 amide bonds. The molecule has 1 fully saturated rings. The molecule has 1 aliphatic rings. The van der Waals surface area contributed by atoms with Gasteiger partial charge in [0.25, 0.3) is 0 Å². The number of carboxylic acid groups (broad SMARTS) is 1. The Labute approximate surface area is 123 Å². The largest absolute Gasteiger partial charge is 0.481 e. The van der Waals surface area contributed by atoms with Crippen LogP contribution in [0.1, 0.15) is 24.8 Å². The van der Waals surface area contributed by atoms with E-state index < -0.39 is 5.97 Å². The SMILES string of the molecule is O=C(O)CC1CCN(Cc2ccc(Cl)cc2Cl)CC1. The molecular weight excluding hydrogens is 285 g/mol. The molecule has 104 valence electrons. The second kappa shape index (κ2) is 6.60. The second-order valence-electron chi connectivity index (χ2n) is 5.05. The third-order valence-electron chi connectivity index (χ3n) is 3.58. The summed E-state index contributed by atoms with van der Waals surface area (Å²) < 4.78 is 0. The summed E-state index contributed by atoms with van der Waals surface area (Å²) in [6.07, 6.45) is 2.17. The molecule has 0 radical (unpaired) electrons. The Kier molecular flexibility index (Phi) is 5.08. The number of likely N-dealkylation sites (tertiary alicyclic amines) is 1. The zero-order valence-corrected chi connectivity index (χ0v) is 12.1. The first kappa shape index (κ1) is 14.6. The quantitative estimate of drug-likeness (QED) is 0.922. The summed E-state index contributed by atoms with van der Waals surface area (Å²) in [7, 11) is 0. The number of aliphatic carboxylic acids is 1. The highest BCUT2D eigenvalue weighted by molar-refractivity contribution is 6.35. The van der Waals surface area contributed by atoms with Gasteiger partial charge in [-0.2, -0.15) is 0 Å². The van der Waals surface area contributed by atoms with Crippen molar-refractivity contribution in [3.63, 3.8) is 0 Å². The highest BCUT2D eigenvalue weighted by Crippen LogP contribution is 2.25. The van der Waals surface area contributed by atoms with Crippen molar-refractivity contribution < 1.29 is 9.90 Å². The summed E-state index contributed by atoms with van der Waals surface area (Å²) in [4.78, 5) is 13.0. The van der Waals surface area contributed by atoms with E-state index in [2.05, 4.69) is 4.90 Å². The van der Waals surface area contributed by atoms with Gasteiger partial charge in [-0.1, -0.05) is 29.3 Å². The summed E-state index contributed by atoms with van der Waals surface area (Å²) in [6.45, 7) is 2.66. The fourth-order valence-corrected chi connectivity index (χ4v) is 2.95. The van der Waals surface area contributed by atoms with Crippen molar-refractivity contribution >= 4 is 29.2 Å². The lowest BCUT2D eigenvalue weighted by Crippen LogP contribution is -2.34. The predicted molar refractivity (Wildman–Crippen MR) is 76.7 cm³/mol. The number of benzene rings is 1. The average Bonchev–Trinajstić information content (AvgIpc) is 2.34. The molecule has 1 aliphatic heterocycles. The van der Waals surface area contributed by atoms with Crippen LogP contribution in [-0.2, 0) is 11.3 Å². The number of carbonyl (C=O) groups is 1. The van der Waals surface area contributed by atoms with E-state index in [0.717, 1.165) is 38.0 Å². The highest BCUT2D eigenvalue weighted by Gasteiger charge is 2.21. The number of carboxylic acids is 1. The van der Waals surface area contributed by atoms with Crippen LogP contribution in [0.25, 0.3) is 0 Å². The van der Waals surface area contributed by atoms with E-state index >= 15 is 0 Å². The molecule has 1 N–H and O–H groups in total. The Hall–Kier alpha value is -0.770. The molecule has 1 aromatic carbocycles. The Morgan fingerprint density at radius 3 is 2.58 bits per heavy atom. The summed E-state index contributed by atoms with van der Waals surface area (Å²) in [5.74, 6) is -0.381. The smallest absolute Gasteiger partial charge is 0.303 e. The van der Waals surface area contributed by atoms with Crippen LogP contribution < -0.4 is 0 Å². The third kappa shape index (κ3) is 4.37. The Balaban J connectivity index is 1.87. The lowest BCUT2D eigenvalue weighted by atomic mass is 9.93. The first-order valence-corrected chi connectivity index (χ1v) is 7.18. The Morgan fingerprint density at radius 2 is 2.00 bits per heavy atom. The lowest BCUT2D eigenvalue weighted by Gasteiger charge is -2.31. The van der Waals surface area contributed by atoms with E-state index in [1.54, 1.807) is 6.07 Å². The van der Waals surface area contributed by atoms with Gasteiger partial charge in [0.1, 0.15) is 0 Å². The van der Waals surface area contributed by atoms with Gasteiger partial charge in [0.2, 0.25) is 0 Å². The standard InChI is InChI=1S/C14H17Cl2NO2/c15-12-2-1-11(13(16)8-12)9-17-5-3-10(4-6-17)7-14(18)19/h1-2,8,10H,3-7,9H2,(H,18,19). The summed E-state index contributed by atoms with van der Waals surface area (Å²) in [5, 5.41) is 10.1. The van der Waals surface area contributed by atoms with Crippen LogP contribution in [0.3, 0.4) is 0 Å². The predicted octanol–water partition coefficient (Wildman–Crippen LogP) is 3.68. The number of nitrogens with zero attached hydrogens (tertiary/aromatic N) is 1. The Bertz CT molecular complexity index is 457. The van der Waals surface area contributed by atoms with Gasteiger partial charge in [-0.05, 0) is 49.5 Å². The monoisotopic (exact) mass is 301 g/mol. The minimum absolute atomic E-state index is 0.287. The third-order valence-corrected chi connectivity index (χ3v) is 4.17. The minimum atomic E-state index is -0.695. The van der Waals surface area contributed by atoms with E-state index in [4.69, 9.17) is 28.3 Å². The van der Waals surface area contributed by atoms with Gasteiger partial charge >= 0.3 is 5.97 Å². The fraction of sp³-hybridized carbons (Fsp3) is 0.500. The molecular formula is C14H17Cl2NO2. The van der Waals surface area contributed by atoms with Crippen LogP contribution in [-0.4, -0.2) is 29.1 Å². The van der Waals surface area contributed by atoms with Crippen molar-refractivity contribution in [2.45, 2.75) is 25.8 Å². The van der Waals surface area contributed by atoms with Gasteiger partial charge in [0.05, 0.1) is 0 Å². The van der Waals surface area contributed by atoms with E-state index in [-0.39, 0.29) is 6.42 Å². The molecule has 0 bridgehead atoms. The average molecular weight is 302 g/mol. The Morgan fingerprint density at radius 1 is 1.32 bits per heavy atom. The maximum Gasteiger partial charge on any atom is 0.303 e. The van der Waals surface area contributed by atoms with E-state index in [0.29, 0.717) is 16.0 Å². The van der Waals surface area contributed by atoms with E-state index in [9.17, 15) is 4.79 Å². The van der Waals surface area contributed by atoms with Crippen molar-refractivity contribution in [2.24, 2.45) is 5.92 Å². The molecule has 0 aliphatic carbocycles. The van der Waals surface area contributed by atoms with Crippen molar-refractivity contribution in [3.05, 3.63) is 33.8 Å². The number of hydrogen-bond donors (Lipinski definition) is 1. The van der Waals surface area contributed by atoms with Crippen LogP contribution in [0.5, 0.6) is 0 Å². The molecule has 0 atom stereocenters. The first-order chi connectivity index (χ1) is 9.04. The zero-order chi connectivity index (χ0) is 13.8. The topological polar surface area (TPSA) is 40.5 Å². The first-order valence-electron chi connectivity index (χ1n) is 6.42. The molecule has 1 aromatic rings. The van der Waals surface area contributed by atoms with Crippen molar-refractivity contribution in [1.82, 2.24) is 4.90 Å². The summed E-state index contributed by atoms with van der Waals surface area (Å²) in [5.41, 5.74) is 1.07. The maximum atomic E-state index is 10.7. The van der Waals surface area contributed by atoms with Crippen LogP contribution in [0.2, 0.25) is 10.0 Å². The van der Waals surface area contributed by atoms with Crippen molar-refractivity contribution in [3.8, 4) is 0 Å². The molecule has 3 nitrogen and oxygen atoms in total. The summed E-state index contributed by atoms with van der Waals surface area (Å²) >= 11 is 12.0. The zero-order valence-electron chi connectivity index (χ0n) is 10.6. The van der Waals surface area contributed by atoms with Crippen LogP contribution >= 0.6 is 23.2 Å². The molecule has 19 heavy (non-hydrogen) atoms. The van der Waals surface area contributed by atoms with Crippen LogP contribution in [0, 0.1) is 5.92 Å².